The summed E-state index contributed by atoms with van der Waals surface area (Å²) in [6.45, 7) is 8.59. The van der Waals surface area contributed by atoms with Crippen LogP contribution in [0.5, 0.6) is 0 Å². The van der Waals surface area contributed by atoms with Gasteiger partial charge in [0, 0.05) is 12.6 Å². The number of nitrogens with zero attached hydrogens (tertiary/aromatic N) is 1. The number of nitrogens with one attached hydrogen (secondary N) is 4. The predicted octanol–water partition coefficient (Wildman–Crippen LogP) is 3.91. The van der Waals surface area contributed by atoms with Crippen LogP contribution < -0.4 is 21.3 Å². The Kier molecular flexibility index (Phi) is 10.9. The summed E-state index contributed by atoms with van der Waals surface area (Å²) < 4.78 is 26.4. The molecule has 5 amide bonds. The topological polar surface area (TPSA) is 171 Å². The number of likely N-dealkylation sites (tertiary alicyclic amines) is 1. The number of Topliss-reactive ketones (excluding diaryl/α,β-unsaturated/α-hetero) is 1. The molecular formula is C38H61N5O7S. The molecule has 6 aliphatic rings. The van der Waals surface area contributed by atoms with E-state index in [-0.39, 0.29) is 35.0 Å². The first-order valence-corrected chi connectivity index (χ1v) is 21.6. The van der Waals surface area contributed by atoms with Gasteiger partial charge in [-0.1, -0.05) is 79.1 Å². The second-order valence-corrected chi connectivity index (χ2v) is 20.0. The number of piperidine rings is 1. The molecule has 0 aromatic heterocycles. The SMILES string of the molecule is CCCC[C@H](NC(=O)[C@@H]1[C@@H]2[C@H](CN1C(=O)[C@@H](NC(=O)NC1(C3CCCS3(=O)=O)CCCCC1)C1(C)CCCCC1)C2(C)C)C(=O)C(=O)NC1CC1. The molecule has 4 aliphatic carbocycles. The Morgan fingerprint density at radius 2 is 1.49 bits per heavy atom. The molecule has 6 fully saturated rings. The second kappa shape index (κ2) is 14.6. The molecule has 2 saturated heterocycles. The van der Waals surface area contributed by atoms with Gasteiger partial charge in [0.15, 0.2) is 9.84 Å². The lowest BCUT2D eigenvalue weighted by atomic mass is 9.70. The van der Waals surface area contributed by atoms with E-state index in [1.165, 1.54) is 0 Å². The summed E-state index contributed by atoms with van der Waals surface area (Å²) >= 11 is 0. The van der Waals surface area contributed by atoms with Crippen LogP contribution in [0.1, 0.15) is 137 Å². The van der Waals surface area contributed by atoms with Gasteiger partial charge in [-0.05, 0) is 80.5 Å². The van der Waals surface area contributed by atoms with E-state index in [1.807, 2.05) is 13.8 Å². The fourth-order valence-electron chi connectivity index (χ4n) is 10.3. The molecular weight excluding hydrogens is 671 g/mol. The zero-order valence-corrected chi connectivity index (χ0v) is 32.0. The molecule has 0 spiro atoms. The maximum absolute atomic E-state index is 14.9. The number of unbranched alkanes of at least 4 members (excludes halogenated alkanes) is 1. The standard InChI is InChI=1S/C38H61N5O7S/c1-5-6-14-26(30(44)33(46)39-24-16-17-24)40-32(45)29-28-25(36(28,2)3)23-43(29)34(47)31(37(4)18-9-7-10-19-37)41-35(48)42-38(20-11-8-12-21-38)27-15-13-22-51(27,49)50/h24-29,31H,5-23H2,1-4H3,(H,39,46)(H,40,45)(H2,41,42,48)/t25-,26-,27?,28-,29-,31+/m0/s1. The molecule has 0 aromatic carbocycles. The van der Waals surface area contributed by atoms with Crippen molar-refractivity contribution in [1.29, 1.82) is 0 Å². The molecule has 4 saturated carbocycles. The lowest BCUT2D eigenvalue weighted by Crippen LogP contribution is -2.66. The van der Waals surface area contributed by atoms with Gasteiger partial charge >= 0.3 is 6.03 Å². The Morgan fingerprint density at radius 3 is 2.08 bits per heavy atom. The molecule has 13 heteroatoms. The van der Waals surface area contributed by atoms with Crippen molar-refractivity contribution in [2.24, 2.45) is 22.7 Å². The number of fused-ring (bicyclic) bond motifs is 1. The van der Waals surface area contributed by atoms with Crippen molar-refractivity contribution < 1.29 is 32.4 Å². The number of carbonyl (C=O) groups excluding carboxylic acids is 5. The first-order chi connectivity index (χ1) is 24.1. The Labute approximate surface area is 304 Å². The summed E-state index contributed by atoms with van der Waals surface area (Å²) in [7, 11) is -3.35. The molecule has 6 rings (SSSR count). The number of ketones is 1. The van der Waals surface area contributed by atoms with Gasteiger partial charge in [-0.2, -0.15) is 0 Å². The fraction of sp³-hybridized carbons (Fsp3) is 0.868. The van der Waals surface area contributed by atoms with Gasteiger partial charge in [-0.25, -0.2) is 13.2 Å². The van der Waals surface area contributed by atoms with Crippen molar-refractivity contribution in [2.45, 2.75) is 172 Å². The highest BCUT2D eigenvalue weighted by Gasteiger charge is 2.70. The quantitative estimate of drug-likeness (QED) is 0.208. The number of sulfone groups is 1. The maximum atomic E-state index is 14.9. The Morgan fingerprint density at radius 1 is 0.843 bits per heavy atom. The summed E-state index contributed by atoms with van der Waals surface area (Å²) in [5.41, 5.74) is -1.61. The van der Waals surface area contributed by atoms with Crippen molar-refractivity contribution in [1.82, 2.24) is 26.2 Å². The van der Waals surface area contributed by atoms with E-state index in [2.05, 4.69) is 35.1 Å². The number of hydrogen-bond donors (Lipinski definition) is 4. The van der Waals surface area contributed by atoms with Crippen LogP contribution in [-0.2, 0) is 29.0 Å². The Balaban J connectivity index is 1.24. The summed E-state index contributed by atoms with van der Waals surface area (Å²) in [5.74, 6) is -1.97. The van der Waals surface area contributed by atoms with Gasteiger partial charge in [0.05, 0.1) is 22.6 Å². The minimum absolute atomic E-state index is 0.0123. The average Bonchev–Trinajstić information content (AvgIpc) is 3.87. The van der Waals surface area contributed by atoms with E-state index in [4.69, 9.17) is 0 Å². The summed E-state index contributed by atoms with van der Waals surface area (Å²) in [4.78, 5) is 71.0. The Bertz CT molecular complexity index is 1480. The maximum Gasteiger partial charge on any atom is 0.315 e. The van der Waals surface area contributed by atoms with Crippen LogP contribution in [0, 0.1) is 22.7 Å². The zero-order chi connectivity index (χ0) is 36.8. The molecule has 4 N–H and O–H groups in total. The van der Waals surface area contributed by atoms with Crippen molar-refractivity contribution in [3.8, 4) is 0 Å². The number of urea groups is 1. The van der Waals surface area contributed by atoms with Crippen molar-refractivity contribution in [2.75, 3.05) is 12.3 Å². The zero-order valence-electron chi connectivity index (χ0n) is 31.2. The van der Waals surface area contributed by atoms with Crippen LogP contribution >= 0.6 is 0 Å². The summed E-state index contributed by atoms with van der Waals surface area (Å²) in [5, 5.41) is 11.3. The molecule has 51 heavy (non-hydrogen) atoms. The molecule has 0 aromatic rings. The third-order valence-corrected chi connectivity index (χ3v) is 16.1. The van der Waals surface area contributed by atoms with Gasteiger partial charge < -0.3 is 26.2 Å². The van der Waals surface area contributed by atoms with Crippen LogP contribution in [0.3, 0.4) is 0 Å². The highest BCUT2D eigenvalue weighted by molar-refractivity contribution is 7.92. The van der Waals surface area contributed by atoms with Crippen LogP contribution in [0.4, 0.5) is 4.79 Å². The van der Waals surface area contributed by atoms with Gasteiger partial charge in [0.1, 0.15) is 12.1 Å². The molecule has 12 nitrogen and oxygen atoms in total. The Hall–Kier alpha value is -2.70. The van der Waals surface area contributed by atoms with Crippen molar-refractivity contribution in [3.05, 3.63) is 0 Å². The third-order valence-electron chi connectivity index (χ3n) is 13.6. The monoisotopic (exact) mass is 731 g/mol. The number of amides is 5. The minimum atomic E-state index is -3.35. The van der Waals surface area contributed by atoms with Crippen LogP contribution in [0.2, 0.25) is 0 Å². The summed E-state index contributed by atoms with van der Waals surface area (Å²) in [6, 6.07) is -3.26. The van der Waals surface area contributed by atoms with Gasteiger partial charge in [-0.3, -0.25) is 19.2 Å². The van der Waals surface area contributed by atoms with Gasteiger partial charge in [0.2, 0.25) is 17.6 Å². The first kappa shape index (κ1) is 38.0. The first-order valence-electron chi connectivity index (χ1n) is 19.9. The van der Waals surface area contributed by atoms with Crippen LogP contribution in [0.25, 0.3) is 0 Å². The second-order valence-electron chi connectivity index (χ2n) is 17.7. The normalized spacial score (nSPS) is 31.0. The molecule has 1 unspecified atom stereocenters. The van der Waals surface area contributed by atoms with Gasteiger partial charge in [-0.15, -0.1) is 0 Å². The molecule has 286 valence electrons. The van der Waals surface area contributed by atoms with Crippen LogP contribution in [-0.4, -0.2) is 90.1 Å². The number of carbonyl (C=O) groups is 5. The number of rotatable bonds is 13. The highest BCUT2D eigenvalue weighted by Crippen LogP contribution is 2.65. The lowest BCUT2D eigenvalue weighted by Gasteiger charge is -2.45. The largest absolute Gasteiger partial charge is 0.347 e. The van der Waals surface area contributed by atoms with E-state index in [0.29, 0.717) is 45.1 Å². The van der Waals surface area contributed by atoms with Crippen molar-refractivity contribution >= 4 is 39.4 Å². The van der Waals surface area contributed by atoms with E-state index in [9.17, 15) is 32.4 Å². The van der Waals surface area contributed by atoms with E-state index < -0.39 is 67.8 Å². The van der Waals surface area contributed by atoms with E-state index >= 15 is 0 Å². The lowest BCUT2D eigenvalue weighted by molar-refractivity contribution is -0.146. The van der Waals surface area contributed by atoms with E-state index in [1.54, 1.807) is 4.90 Å². The molecule has 0 bridgehead atoms. The molecule has 2 aliphatic heterocycles. The van der Waals surface area contributed by atoms with Gasteiger partial charge in [0.25, 0.3) is 5.91 Å². The molecule has 6 atom stereocenters. The smallest absolute Gasteiger partial charge is 0.315 e. The van der Waals surface area contributed by atoms with Crippen molar-refractivity contribution in [3.63, 3.8) is 0 Å². The fourth-order valence-corrected chi connectivity index (χ4v) is 12.6. The average molecular weight is 732 g/mol. The minimum Gasteiger partial charge on any atom is -0.347 e. The predicted molar refractivity (Wildman–Crippen MR) is 193 cm³/mol. The molecule has 0 radical (unpaired) electrons. The highest BCUT2D eigenvalue weighted by atomic mass is 32.2. The third kappa shape index (κ3) is 7.70. The number of hydrogen-bond acceptors (Lipinski definition) is 7. The van der Waals surface area contributed by atoms with E-state index in [0.717, 1.165) is 70.6 Å². The molecule has 2 heterocycles. The summed E-state index contributed by atoms with van der Waals surface area (Å²) in [6.07, 6.45) is 12.7. The van der Waals surface area contributed by atoms with Crippen LogP contribution in [0.15, 0.2) is 0 Å².